The number of anilines is 1. The van der Waals surface area contributed by atoms with Crippen LogP contribution in [0.3, 0.4) is 0 Å². The van der Waals surface area contributed by atoms with Crippen molar-refractivity contribution in [2.75, 3.05) is 11.9 Å². The minimum Gasteiger partial charge on any atom is -0.505 e. The van der Waals surface area contributed by atoms with Gasteiger partial charge in [-0.05, 0) is 26.0 Å². The van der Waals surface area contributed by atoms with E-state index in [0.29, 0.717) is 5.75 Å². The Bertz CT molecular complexity index is 582. The zero-order valence-corrected chi connectivity index (χ0v) is 11.0. The van der Waals surface area contributed by atoms with Gasteiger partial charge in [0.05, 0.1) is 12.7 Å². The SMILES string of the molecule is CCOC(=O)C=C(O)c1ccc2c(n1)NC(=O)C(C)O2. The number of fused-ring (bicyclic) bond motifs is 1. The summed E-state index contributed by atoms with van der Waals surface area (Å²) in [6, 6.07) is 3.04. The molecule has 1 aromatic heterocycles. The van der Waals surface area contributed by atoms with Crippen molar-refractivity contribution in [1.29, 1.82) is 0 Å². The predicted octanol–water partition coefficient (Wildman–Crippen LogP) is 1.26. The van der Waals surface area contributed by atoms with Gasteiger partial charge >= 0.3 is 5.97 Å². The minimum absolute atomic E-state index is 0.134. The van der Waals surface area contributed by atoms with Crippen molar-refractivity contribution in [3.8, 4) is 5.75 Å². The number of pyridine rings is 1. The molecule has 1 aliphatic heterocycles. The quantitative estimate of drug-likeness (QED) is 0.491. The molecule has 0 fully saturated rings. The number of nitrogens with zero attached hydrogens (tertiary/aromatic N) is 1. The Morgan fingerprint density at radius 2 is 2.35 bits per heavy atom. The summed E-state index contributed by atoms with van der Waals surface area (Å²) in [4.78, 5) is 26.7. The van der Waals surface area contributed by atoms with Crippen LogP contribution >= 0.6 is 0 Å². The maximum Gasteiger partial charge on any atom is 0.334 e. The van der Waals surface area contributed by atoms with Crippen LogP contribution < -0.4 is 10.1 Å². The van der Waals surface area contributed by atoms with Gasteiger partial charge < -0.3 is 19.9 Å². The van der Waals surface area contributed by atoms with Gasteiger partial charge in [0, 0.05) is 0 Å². The van der Waals surface area contributed by atoms with Gasteiger partial charge in [-0.1, -0.05) is 0 Å². The van der Waals surface area contributed by atoms with Gasteiger partial charge in [0.1, 0.15) is 11.5 Å². The fourth-order valence-corrected chi connectivity index (χ4v) is 1.61. The number of amides is 1. The lowest BCUT2D eigenvalue weighted by atomic mass is 10.2. The average Bonchev–Trinajstić information content (AvgIpc) is 2.39. The molecule has 2 rings (SSSR count). The highest BCUT2D eigenvalue weighted by atomic mass is 16.5. The molecule has 1 unspecified atom stereocenters. The number of ether oxygens (including phenoxy) is 2. The molecule has 0 bridgehead atoms. The Morgan fingerprint density at radius 3 is 3.05 bits per heavy atom. The lowest BCUT2D eigenvalue weighted by Gasteiger charge is -2.22. The van der Waals surface area contributed by atoms with E-state index in [1.54, 1.807) is 19.9 Å². The molecule has 7 heteroatoms. The van der Waals surface area contributed by atoms with E-state index in [1.165, 1.54) is 6.07 Å². The largest absolute Gasteiger partial charge is 0.505 e. The molecule has 0 aromatic carbocycles. The molecule has 1 atom stereocenters. The monoisotopic (exact) mass is 278 g/mol. The van der Waals surface area contributed by atoms with Crippen LogP contribution in [0.15, 0.2) is 18.2 Å². The van der Waals surface area contributed by atoms with Crippen LogP contribution in [0.4, 0.5) is 5.82 Å². The fourth-order valence-electron chi connectivity index (χ4n) is 1.61. The summed E-state index contributed by atoms with van der Waals surface area (Å²) < 4.78 is 10.0. The highest BCUT2D eigenvalue weighted by Crippen LogP contribution is 2.28. The van der Waals surface area contributed by atoms with E-state index in [0.717, 1.165) is 6.08 Å². The van der Waals surface area contributed by atoms with E-state index in [4.69, 9.17) is 4.74 Å². The second-order valence-electron chi connectivity index (χ2n) is 4.07. The number of aliphatic hydroxyl groups excluding tert-OH is 1. The molecule has 0 saturated carbocycles. The first kappa shape index (κ1) is 13.9. The van der Waals surface area contributed by atoms with Crippen LogP contribution in [0.1, 0.15) is 19.5 Å². The number of rotatable bonds is 3. The summed E-state index contributed by atoms with van der Waals surface area (Å²) in [6.45, 7) is 3.49. The third-order valence-electron chi connectivity index (χ3n) is 2.58. The van der Waals surface area contributed by atoms with Crippen LogP contribution in [-0.2, 0) is 14.3 Å². The Hall–Kier alpha value is -2.57. The highest BCUT2D eigenvalue weighted by molar-refractivity contribution is 5.96. The van der Waals surface area contributed by atoms with E-state index >= 15 is 0 Å². The van der Waals surface area contributed by atoms with Crippen molar-refractivity contribution in [3.05, 3.63) is 23.9 Å². The molecular formula is C13H14N2O5. The van der Waals surface area contributed by atoms with Gasteiger partial charge in [0.25, 0.3) is 5.91 Å². The third kappa shape index (κ3) is 2.87. The summed E-state index contributed by atoms with van der Waals surface area (Å²) in [6.07, 6.45) is 0.325. The van der Waals surface area contributed by atoms with Crippen molar-refractivity contribution >= 4 is 23.5 Å². The van der Waals surface area contributed by atoms with E-state index in [-0.39, 0.29) is 29.8 Å². The number of esters is 1. The van der Waals surface area contributed by atoms with Crippen molar-refractivity contribution in [2.45, 2.75) is 20.0 Å². The topological polar surface area (TPSA) is 97.8 Å². The molecule has 106 valence electrons. The first-order valence-electron chi connectivity index (χ1n) is 6.07. The van der Waals surface area contributed by atoms with Crippen LogP contribution in [0.5, 0.6) is 5.75 Å². The Balaban J connectivity index is 2.25. The molecule has 0 aliphatic carbocycles. The number of aromatic nitrogens is 1. The molecule has 2 N–H and O–H groups in total. The Kier molecular flexibility index (Phi) is 3.88. The smallest absolute Gasteiger partial charge is 0.334 e. The number of hydrogen-bond acceptors (Lipinski definition) is 6. The summed E-state index contributed by atoms with van der Waals surface area (Å²) in [5.41, 5.74) is 0.134. The van der Waals surface area contributed by atoms with E-state index < -0.39 is 12.1 Å². The number of hydrogen-bond donors (Lipinski definition) is 2. The highest BCUT2D eigenvalue weighted by Gasteiger charge is 2.25. The maximum atomic E-state index is 11.5. The van der Waals surface area contributed by atoms with Crippen molar-refractivity contribution in [3.63, 3.8) is 0 Å². The molecule has 0 saturated heterocycles. The van der Waals surface area contributed by atoms with Gasteiger partial charge in [0.15, 0.2) is 17.7 Å². The maximum absolute atomic E-state index is 11.5. The van der Waals surface area contributed by atoms with Gasteiger partial charge in [0.2, 0.25) is 0 Å². The van der Waals surface area contributed by atoms with Crippen LogP contribution in [0.25, 0.3) is 5.76 Å². The molecule has 1 aromatic rings. The van der Waals surface area contributed by atoms with Gasteiger partial charge in [-0.25, -0.2) is 9.78 Å². The number of aliphatic hydroxyl groups is 1. The standard InChI is InChI=1S/C13H14N2O5/c1-3-19-11(17)6-9(16)8-4-5-10-12(14-8)15-13(18)7(2)20-10/h4-7,16H,3H2,1-2H3,(H,14,15,18). The molecule has 7 nitrogen and oxygen atoms in total. The fraction of sp³-hybridized carbons (Fsp3) is 0.308. The molecule has 0 spiro atoms. The lowest BCUT2D eigenvalue weighted by Crippen LogP contribution is -2.34. The summed E-state index contributed by atoms with van der Waals surface area (Å²) in [7, 11) is 0. The first-order chi connectivity index (χ1) is 9.51. The summed E-state index contributed by atoms with van der Waals surface area (Å²) in [5.74, 6) is -0.729. The zero-order valence-electron chi connectivity index (χ0n) is 11.0. The minimum atomic E-state index is -0.668. The zero-order chi connectivity index (χ0) is 14.7. The Labute approximate surface area is 115 Å². The molecule has 1 aliphatic rings. The molecule has 20 heavy (non-hydrogen) atoms. The number of carbonyl (C=O) groups is 2. The molecular weight excluding hydrogens is 264 g/mol. The lowest BCUT2D eigenvalue weighted by molar-refractivity contribution is -0.137. The molecule has 1 amide bonds. The number of nitrogens with one attached hydrogen (secondary N) is 1. The average molecular weight is 278 g/mol. The van der Waals surface area contributed by atoms with Crippen LogP contribution in [0.2, 0.25) is 0 Å². The van der Waals surface area contributed by atoms with Crippen LogP contribution in [0, 0.1) is 0 Å². The normalized spacial score (nSPS) is 17.8. The third-order valence-corrected chi connectivity index (χ3v) is 2.58. The second kappa shape index (κ2) is 5.60. The van der Waals surface area contributed by atoms with Gasteiger partial charge in [-0.15, -0.1) is 0 Å². The van der Waals surface area contributed by atoms with E-state index in [9.17, 15) is 14.7 Å². The molecule has 2 heterocycles. The second-order valence-corrected chi connectivity index (χ2v) is 4.07. The first-order valence-corrected chi connectivity index (χ1v) is 6.07. The van der Waals surface area contributed by atoms with Crippen molar-refractivity contribution in [1.82, 2.24) is 4.98 Å². The van der Waals surface area contributed by atoms with E-state index in [2.05, 4.69) is 15.0 Å². The van der Waals surface area contributed by atoms with Gasteiger partial charge in [-0.3, -0.25) is 4.79 Å². The van der Waals surface area contributed by atoms with E-state index in [1.807, 2.05) is 0 Å². The van der Waals surface area contributed by atoms with Gasteiger partial charge in [-0.2, -0.15) is 0 Å². The van der Waals surface area contributed by atoms with Crippen molar-refractivity contribution < 1.29 is 24.2 Å². The summed E-state index contributed by atoms with van der Waals surface area (Å²) >= 11 is 0. The number of carbonyl (C=O) groups excluding carboxylic acids is 2. The van der Waals surface area contributed by atoms with Crippen molar-refractivity contribution in [2.24, 2.45) is 0 Å². The van der Waals surface area contributed by atoms with Crippen LogP contribution in [-0.4, -0.2) is 34.7 Å². The predicted molar refractivity (Wildman–Crippen MR) is 70.2 cm³/mol. The Morgan fingerprint density at radius 1 is 1.60 bits per heavy atom. The molecule has 0 radical (unpaired) electrons. The summed E-state index contributed by atoms with van der Waals surface area (Å²) in [5, 5.41) is 12.3.